The first-order valence-electron chi connectivity index (χ1n) is 8.47. The van der Waals surface area contributed by atoms with Gasteiger partial charge in [-0.05, 0) is 67.7 Å². The van der Waals surface area contributed by atoms with Gasteiger partial charge in [0.1, 0.15) is 5.75 Å². The zero-order valence-electron chi connectivity index (χ0n) is 14.2. The van der Waals surface area contributed by atoms with Gasteiger partial charge in [-0.3, -0.25) is 4.79 Å². The number of carbonyl (C=O) groups excluding carboxylic acids is 1. The molecule has 0 aliphatic heterocycles. The van der Waals surface area contributed by atoms with Crippen LogP contribution in [-0.4, -0.2) is 19.7 Å². The molecule has 3 nitrogen and oxygen atoms in total. The van der Waals surface area contributed by atoms with E-state index >= 15 is 0 Å². The predicted octanol–water partition coefficient (Wildman–Crippen LogP) is 4.34. The Balaban J connectivity index is 2.09. The van der Waals surface area contributed by atoms with Crippen molar-refractivity contribution >= 4 is 5.97 Å². The van der Waals surface area contributed by atoms with Crippen molar-refractivity contribution < 1.29 is 14.3 Å². The van der Waals surface area contributed by atoms with Gasteiger partial charge in [0.2, 0.25) is 0 Å². The van der Waals surface area contributed by atoms with Gasteiger partial charge in [0.25, 0.3) is 0 Å². The van der Waals surface area contributed by atoms with Crippen LogP contribution in [0.3, 0.4) is 0 Å². The second kappa shape index (κ2) is 7.66. The third-order valence-electron chi connectivity index (χ3n) is 4.75. The van der Waals surface area contributed by atoms with Crippen molar-refractivity contribution in [1.82, 2.24) is 0 Å². The molecule has 122 valence electrons. The van der Waals surface area contributed by atoms with Crippen LogP contribution >= 0.6 is 0 Å². The molecule has 0 bridgehead atoms. The molecular weight excluding hydrogens is 276 g/mol. The second-order valence-corrected chi connectivity index (χ2v) is 6.11. The van der Waals surface area contributed by atoms with Crippen molar-refractivity contribution in [3.63, 3.8) is 0 Å². The Morgan fingerprint density at radius 1 is 1.32 bits per heavy atom. The zero-order valence-corrected chi connectivity index (χ0v) is 14.2. The second-order valence-electron chi connectivity index (χ2n) is 6.11. The van der Waals surface area contributed by atoms with Gasteiger partial charge in [-0.25, -0.2) is 0 Å². The third kappa shape index (κ3) is 3.82. The Labute approximate surface area is 134 Å². The number of hydrogen-bond acceptors (Lipinski definition) is 3. The van der Waals surface area contributed by atoms with Crippen LogP contribution in [0, 0.1) is 11.8 Å². The molecule has 3 unspecified atom stereocenters. The van der Waals surface area contributed by atoms with Gasteiger partial charge in [-0.15, -0.1) is 0 Å². The van der Waals surface area contributed by atoms with E-state index in [1.165, 1.54) is 18.2 Å². The van der Waals surface area contributed by atoms with E-state index in [4.69, 9.17) is 9.47 Å². The monoisotopic (exact) mass is 304 g/mol. The van der Waals surface area contributed by atoms with Crippen LogP contribution in [0.15, 0.2) is 18.2 Å². The fraction of sp³-hybridized carbons (Fsp3) is 0.632. The minimum atomic E-state index is -0.0396. The van der Waals surface area contributed by atoms with E-state index < -0.39 is 0 Å². The summed E-state index contributed by atoms with van der Waals surface area (Å²) >= 11 is 0. The summed E-state index contributed by atoms with van der Waals surface area (Å²) in [7, 11) is 1.48. The van der Waals surface area contributed by atoms with Gasteiger partial charge >= 0.3 is 5.97 Å². The van der Waals surface area contributed by atoms with Gasteiger partial charge in [0.05, 0.1) is 19.6 Å². The Morgan fingerprint density at radius 2 is 2.09 bits per heavy atom. The average Bonchev–Trinajstić information content (AvgIpc) is 3.31. The van der Waals surface area contributed by atoms with E-state index in [1.807, 2.05) is 6.92 Å². The van der Waals surface area contributed by atoms with Gasteiger partial charge in [-0.1, -0.05) is 19.9 Å². The molecule has 1 aromatic rings. The normalized spacial score (nSPS) is 21.3. The number of benzene rings is 1. The molecule has 0 amide bonds. The molecule has 1 aliphatic rings. The van der Waals surface area contributed by atoms with Gasteiger partial charge in [-0.2, -0.15) is 0 Å². The molecule has 22 heavy (non-hydrogen) atoms. The zero-order chi connectivity index (χ0) is 16.1. The molecule has 0 aromatic heterocycles. The summed E-state index contributed by atoms with van der Waals surface area (Å²) in [6.07, 6.45) is 4.18. The van der Waals surface area contributed by atoms with Gasteiger partial charge < -0.3 is 9.47 Å². The van der Waals surface area contributed by atoms with Crippen LogP contribution in [0.5, 0.6) is 5.75 Å². The van der Waals surface area contributed by atoms with Crippen molar-refractivity contribution in [1.29, 1.82) is 0 Å². The molecular formula is C19H28O3. The molecule has 1 aromatic carbocycles. The molecule has 2 rings (SSSR count). The molecule has 0 radical (unpaired) electrons. The largest absolute Gasteiger partial charge is 0.494 e. The Bertz CT molecular complexity index is 509. The van der Waals surface area contributed by atoms with E-state index in [1.54, 1.807) is 0 Å². The molecule has 0 N–H and O–H groups in total. The maximum absolute atomic E-state index is 11.6. The van der Waals surface area contributed by atoms with Gasteiger partial charge in [0.15, 0.2) is 0 Å². The van der Waals surface area contributed by atoms with Crippen molar-refractivity contribution in [2.45, 2.75) is 52.4 Å². The summed E-state index contributed by atoms with van der Waals surface area (Å²) in [4.78, 5) is 11.6. The van der Waals surface area contributed by atoms with Crippen LogP contribution in [0.25, 0.3) is 0 Å². The topological polar surface area (TPSA) is 35.5 Å². The lowest BCUT2D eigenvalue weighted by Gasteiger charge is -2.20. The number of esters is 1. The molecule has 3 atom stereocenters. The van der Waals surface area contributed by atoms with Crippen LogP contribution in [0.1, 0.15) is 57.1 Å². The molecule has 0 spiro atoms. The van der Waals surface area contributed by atoms with Crippen LogP contribution in [-0.2, 0) is 16.0 Å². The lowest BCUT2D eigenvalue weighted by Crippen LogP contribution is -2.08. The maximum Gasteiger partial charge on any atom is 0.308 e. The maximum atomic E-state index is 11.6. The van der Waals surface area contributed by atoms with E-state index in [0.29, 0.717) is 18.4 Å². The van der Waals surface area contributed by atoms with Crippen molar-refractivity contribution in [3.05, 3.63) is 29.3 Å². The van der Waals surface area contributed by atoms with Crippen molar-refractivity contribution in [2.75, 3.05) is 13.7 Å². The fourth-order valence-electron chi connectivity index (χ4n) is 3.37. The quantitative estimate of drug-likeness (QED) is 0.670. The highest BCUT2D eigenvalue weighted by Gasteiger charge is 2.44. The van der Waals surface area contributed by atoms with E-state index in [9.17, 15) is 4.79 Å². The van der Waals surface area contributed by atoms with Gasteiger partial charge in [0, 0.05) is 0 Å². The highest BCUT2D eigenvalue weighted by Crippen LogP contribution is 2.47. The molecule has 1 aliphatic carbocycles. The number of ether oxygens (including phenoxy) is 2. The highest BCUT2D eigenvalue weighted by atomic mass is 16.5. The molecule has 1 fully saturated rings. The van der Waals surface area contributed by atoms with E-state index in [2.05, 4.69) is 32.0 Å². The molecule has 3 heteroatoms. The smallest absolute Gasteiger partial charge is 0.308 e. The molecule has 0 heterocycles. The van der Waals surface area contributed by atoms with Crippen LogP contribution < -0.4 is 4.74 Å². The van der Waals surface area contributed by atoms with Crippen LogP contribution in [0.2, 0.25) is 0 Å². The predicted molar refractivity (Wildman–Crippen MR) is 88.3 cm³/mol. The molecule has 0 saturated heterocycles. The summed E-state index contributed by atoms with van der Waals surface area (Å²) in [5, 5.41) is 0. The Hall–Kier alpha value is -1.51. The van der Waals surface area contributed by atoms with E-state index in [0.717, 1.165) is 31.4 Å². The fourth-order valence-corrected chi connectivity index (χ4v) is 3.37. The van der Waals surface area contributed by atoms with Crippen molar-refractivity contribution in [2.24, 2.45) is 11.8 Å². The first-order valence-corrected chi connectivity index (χ1v) is 8.47. The Kier molecular flexibility index (Phi) is 5.87. The number of aryl methyl sites for hydroxylation is 1. The summed E-state index contributed by atoms with van der Waals surface area (Å²) in [6, 6.07) is 6.46. The van der Waals surface area contributed by atoms with Crippen molar-refractivity contribution in [3.8, 4) is 5.75 Å². The lowest BCUT2D eigenvalue weighted by atomic mass is 9.86. The molecule has 1 saturated carbocycles. The number of rotatable bonds is 8. The number of methoxy groups -OCH3 is 1. The average molecular weight is 304 g/mol. The lowest BCUT2D eigenvalue weighted by molar-refractivity contribution is -0.142. The minimum Gasteiger partial charge on any atom is -0.494 e. The summed E-state index contributed by atoms with van der Waals surface area (Å²) in [6.45, 7) is 7.13. The third-order valence-corrected chi connectivity index (χ3v) is 4.75. The standard InChI is InChI=1S/C19H28O3/c1-5-13(10-15-12-18(15)19(20)21-4)17-9-8-16(22-7-3)11-14(17)6-2/h8-9,11,13,15,18H,5-7,10,12H2,1-4H3. The highest BCUT2D eigenvalue weighted by molar-refractivity contribution is 5.75. The SMILES string of the molecule is CCOc1ccc(C(CC)CC2CC2C(=O)OC)c(CC)c1. The first kappa shape index (κ1) is 16.9. The minimum absolute atomic E-state index is 0.0396. The Morgan fingerprint density at radius 3 is 2.68 bits per heavy atom. The first-order chi connectivity index (χ1) is 10.6. The summed E-state index contributed by atoms with van der Waals surface area (Å²) in [5.41, 5.74) is 2.79. The number of hydrogen-bond donors (Lipinski definition) is 0. The van der Waals surface area contributed by atoms with Crippen LogP contribution in [0.4, 0.5) is 0 Å². The summed E-state index contributed by atoms with van der Waals surface area (Å²) < 4.78 is 10.5. The number of carbonyl (C=O) groups is 1. The van der Waals surface area contributed by atoms with E-state index in [-0.39, 0.29) is 11.9 Å². The summed E-state index contributed by atoms with van der Waals surface area (Å²) in [5.74, 6) is 2.06.